The molecule has 72 valence electrons. The van der Waals surface area contributed by atoms with Gasteiger partial charge in [-0.2, -0.15) is 0 Å². The summed E-state index contributed by atoms with van der Waals surface area (Å²) in [6.45, 7) is 3.60. The third-order valence-electron chi connectivity index (χ3n) is 2.32. The minimum absolute atomic E-state index is 0.203. The molecule has 0 aliphatic rings. The van der Waals surface area contributed by atoms with Crippen LogP contribution in [0.15, 0.2) is 24.3 Å². The number of hydrogen-bond acceptors (Lipinski definition) is 1. The molecule has 2 unspecified atom stereocenters. The highest BCUT2D eigenvalue weighted by atomic mass is 19.1. The summed E-state index contributed by atoms with van der Waals surface area (Å²) in [5, 5.41) is 3.11. The van der Waals surface area contributed by atoms with Gasteiger partial charge in [0.1, 0.15) is 6.17 Å². The molecule has 2 atom stereocenters. The van der Waals surface area contributed by atoms with Crippen molar-refractivity contribution < 1.29 is 4.39 Å². The average molecular weight is 181 g/mol. The highest BCUT2D eigenvalue weighted by Gasteiger charge is 2.12. The minimum Gasteiger partial charge on any atom is -0.313 e. The van der Waals surface area contributed by atoms with E-state index in [1.807, 2.05) is 38.2 Å². The predicted molar refractivity (Wildman–Crippen MR) is 53.4 cm³/mol. The number of alkyl halides is 1. The van der Waals surface area contributed by atoms with Crippen LogP contribution in [0.5, 0.6) is 0 Å². The minimum atomic E-state index is -0.896. The van der Waals surface area contributed by atoms with Gasteiger partial charge in [0.05, 0.1) is 0 Å². The molecule has 0 bridgehead atoms. The van der Waals surface area contributed by atoms with Crippen molar-refractivity contribution in [3.63, 3.8) is 0 Å². The summed E-state index contributed by atoms with van der Waals surface area (Å²) in [6, 6.07) is 7.82. The maximum atomic E-state index is 13.2. The summed E-state index contributed by atoms with van der Waals surface area (Å²) in [5.74, 6) is 0. The highest BCUT2D eigenvalue weighted by Crippen LogP contribution is 2.25. The molecule has 1 rings (SSSR count). The van der Waals surface area contributed by atoms with Gasteiger partial charge in [-0.25, -0.2) is 4.39 Å². The van der Waals surface area contributed by atoms with Crippen molar-refractivity contribution in [1.29, 1.82) is 0 Å². The van der Waals surface area contributed by atoms with Crippen LogP contribution in [-0.2, 0) is 0 Å². The highest BCUT2D eigenvalue weighted by molar-refractivity contribution is 5.31. The molecule has 0 heterocycles. The second kappa shape index (κ2) is 4.38. The van der Waals surface area contributed by atoms with Crippen LogP contribution in [0, 0.1) is 0 Å². The molecule has 1 nitrogen and oxygen atoms in total. The number of halogens is 1. The Balaban J connectivity index is 3.04. The molecule has 0 radical (unpaired) electrons. The lowest BCUT2D eigenvalue weighted by Gasteiger charge is -2.16. The van der Waals surface area contributed by atoms with Crippen LogP contribution in [0.3, 0.4) is 0 Å². The van der Waals surface area contributed by atoms with Gasteiger partial charge in [0.25, 0.3) is 0 Å². The van der Waals surface area contributed by atoms with Crippen molar-refractivity contribution in [3.8, 4) is 0 Å². The largest absolute Gasteiger partial charge is 0.313 e. The second-order valence-electron chi connectivity index (χ2n) is 3.26. The molecule has 1 aromatic carbocycles. The Bertz CT molecular complexity index is 271. The van der Waals surface area contributed by atoms with Gasteiger partial charge < -0.3 is 5.32 Å². The second-order valence-corrected chi connectivity index (χ2v) is 3.26. The maximum Gasteiger partial charge on any atom is 0.123 e. The number of benzene rings is 1. The van der Waals surface area contributed by atoms with E-state index in [4.69, 9.17) is 0 Å². The van der Waals surface area contributed by atoms with E-state index in [1.54, 1.807) is 6.92 Å². The van der Waals surface area contributed by atoms with Crippen molar-refractivity contribution >= 4 is 0 Å². The number of hydrogen-bond donors (Lipinski definition) is 1. The normalized spacial score (nSPS) is 15.4. The third kappa shape index (κ3) is 2.28. The van der Waals surface area contributed by atoms with Crippen LogP contribution in [0.2, 0.25) is 0 Å². The Morgan fingerprint density at radius 3 is 2.15 bits per heavy atom. The van der Waals surface area contributed by atoms with Crippen LogP contribution in [0.4, 0.5) is 4.39 Å². The third-order valence-corrected chi connectivity index (χ3v) is 2.32. The van der Waals surface area contributed by atoms with E-state index in [0.717, 1.165) is 11.1 Å². The molecule has 2 heteroatoms. The quantitative estimate of drug-likeness (QED) is 0.755. The fourth-order valence-electron chi connectivity index (χ4n) is 1.42. The summed E-state index contributed by atoms with van der Waals surface area (Å²) in [4.78, 5) is 0. The zero-order chi connectivity index (χ0) is 9.84. The Labute approximate surface area is 79.0 Å². The lowest BCUT2D eigenvalue weighted by atomic mass is 9.99. The van der Waals surface area contributed by atoms with Crippen molar-refractivity contribution in [2.24, 2.45) is 0 Å². The van der Waals surface area contributed by atoms with Gasteiger partial charge in [-0.15, -0.1) is 0 Å². The zero-order valence-corrected chi connectivity index (χ0v) is 8.34. The fraction of sp³-hybridized carbons (Fsp3) is 0.455. The monoisotopic (exact) mass is 181 g/mol. The molecule has 13 heavy (non-hydrogen) atoms. The van der Waals surface area contributed by atoms with Crippen molar-refractivity contribution in [1.82, 2.24) is 5.32 Å². The van der Waals surface area contributed by atoms with E-state index in [-0.39, 0.29) is 6.04 Å². The van der Waals surface area contributed by atoms with Crippen LogP contribution in [0.1, 0.15) is 37.2 Å². The number of rotatable bonds is 3. The molecule has 0 aromatic heterocycles. The molecule has 0 saturated carbocycles. The van der Waals surface area contributed by atoms with Gasteiger partial charge in [0.15, 0.2) is 0 Å². The van der Waals surface area contributed by atoms with Gasteiger partial charge in [0.2, 0.25) is 0 Å². The Morgan fingerprint density at radius 1 is 1.15 bits per heavy atom. The Hall–Kier alpha value is -0.890. The summed E-state index contributed by atoms with van der Waals surface area (Å²) in [7, 11) is 1.88. The van der Waals surface area contributed by atoms with Gasteiger partial charge >= 0.3 is 0 Å². The first-order valence-corrected chi connectivity index (χ1v) is 4.57. The zero-order valence-electron chi connectivity index (χ0n) is 8.34. The van der Waals surface area contributed by atoms with Crippen LogP contribution in [0.25, 0.3) is 0 Å². The smallest absolute Gasteiger partial charge is 0.123 e. The lowest BCUT2D eigenvalue weighted by molar-refractivity contribution is 0.369. The van der Waals surface area contributed by atoms with E-state index >= 15 is 0 Å². The van der Waals surface area contributed by atoms with Gasteiger partial charge in [0, 0.05) is 6.04 Å². The molecule has 1 aromatic rings. The Kier molecular flexibility index (Phi) is 3.43. The molecule has 1 N–H and O–H groups in total. The molecular weight excluding hydrogens is 165 g/mol. The molecule has 0 aliphatic heterocycles. The van der Waals surface area contributed by atoms with Crippen LogP contribution < -0.4 is 5.32 Å². The summed E-state index contributed by atoms with van der Waals surface area (Å²) < 4.78 is 13.2. The van der Waals surface area contributed by atoms with Crippen molar-refractivity contribution in [3.05, 3.63) is 35.4 Å². The van der Waals surface area contributed by atoms with E-state index < -0.39 is 6.17 Å². The Morgan fingerprint density at radius 2 is 1.69 bits per heavy atom. The van der Waals surface area contributed by atoms with Crippen molar-refractivity contribution in [2.45, 2.75) is 26.1 Å². The molecule has 0 spiro atoms. The first-order chi connectivity index (χ1) is 6.16. The van der Waals surface area contributed by atoms with E-state index in [9.17, 15) is 4.39 Å². The summed E-state index contributed by atoms with van der Waals surface area (Å²) >= 11 is 0. The summed E-state index contributed by atoms with van der Waals surface area (Å²) in [6.07, 6.45) is -0.896. The average Bonchev–Trinajstić information content (AvgIpc) is 2.16. The molecule has 0 aliphatic carbocycles. The topological polar surface area (TPSA) is 12.0 Å². The first kappa shape index (κ1) is 10.2. The van der Waals surface area contributed by atoms with Gasteiger partial charge in [-0.05, 0) is 32.0 Å². The van der Waals surface area contributed by atoms with Gasteiger partial charge in [-0.3, -0.25) is 0 Å². The van der Waals surface area contributed by atoms with Gasteiger partial charge in [-0.1, -0.05) is 24.3 Å². The molecular formula is C11H16FN. The van der Waals surface area contributed by atoms with Crippen LogP contribution in [-0.4, -0.2) is 7.05 Å². The molecule has 0 fully saturated rings. The standard InChI is InChI=1S/C11H16FN/c1-8(12)10-6-4-5-7-11(10)9(2)13-3/h4-9,13H,1-3H3. The van der Waals surface area contributed by atoms with E-state index in [2.05, 4.69) is 5.32 Å². The lowest BCUT2D eigenvalue weighted by Crippen LogP contribution is -2.14. The van der Waals surface area contributed by atoms with Crippen molar-refractivity contribution in [2.75, 3.05) is 7.05 Å². The van der Waals surface area contributed by atoms with Crippen LogP contribution >= 0.6 is 0 Å². The maximum absolute atomic E-state index is 13.2. The first-order valence-electron chi connectivity index (χ1n) is 4.57. The predicted octanol–water partition coefficient (Wildman–Crippen LogP) is 3.00. The van der Waals surface area contributed by atoms with E-state index in [1.165, 1.54) is 0 Å². The van der Waals surface area contributed by atoms with E-state index in [0.29, 0.717) is 0 Å². The number of nitrogens with one attached hydrogen (secondary N) is 1. The fourth-order valence-corrected chi connectivity index (χ4v) is 1.42. The molecule has 0 amide bonds. The molecule has 0 saturated heterocycles. The SMILES string of the molecule is CNC(C)c1ccccc1C(C)F. The summed E-state index contributed by atoms with van der Waals surface area (Å²) in [5.41, 5.74) is 1.82.